The van der Waals surface area contributed by atoms with Crippen LogP contribution in [0.3, 0.4) is 0 Å². The molecule has 0 N–H and O–H groups in total. The number of aromatic nitrogens is 5. The molecule has 0 unspecified atom stereocenters. The number of aryl methyl sites for hydroxylation is 1. The van der Waals surface area contributed by atoms with Crippen LogP contribution in [0.2, 0.25) is 0 Å². The van der Waals surface area contributed by atoms with E-state index in [0.717, 1.165) is 11.2 Å². The first-order valence-electron chi connectivity index (χ1n) is 8.05. The van der Waals surface area contributed by atoms with Gasteiger partial charge in [0, 0.05) is 25.7 Å². The van der Waals surface area contributed by atoms with Crippen molar-refractivity contribution in [2.24, 2.45) is 0 Å². The van der Waals surface area contributed by atoms with E-state index in [0.29, 0.717) is 29.7 Å². The van der Waals surface area contributed by atoms with Gasteiger partial charge in [-0.25, -0.2) is 9.97 Å². The maximum atomic E-state index is 12.6. The van der Waals surface area contributed by atoms with E-state index in [1.165, 1.54) is 12.8 Å². The van der Waals surface area contributed by atoms with Crippen molar-refractivity contribution < 1.29 is 9.32 Å². The van der Waals surface area contributed by atoms with Crippen LogP contribution in [0.25, 0.3) is 11.2 Å². The molecule has 4 rings (SSSR count). The number of hydrogen-bond donors (Lipinski definition) is 0. The lowest BCUT2D eigenvalue weighted by atomic mass is 10.2. The largest absolute Gasteiger partial charge is 0.339 e. The van der Waals surface area contributed by atoms with Crippen LogP contribution in [0.4, 0.5) is 0 Å². The number of hydrogen-bond acceptors (Lipinski definition) is 6. The monoisotopic (exact) mass is 326 g/mol. The molecule has 0 aromatic carbocycles. The van der Waals surface area contributed by atoms with Crippen LogP contribution in [0.1, 0.15) is 47.9 Å². The number of carbonyl (C=O) groups excluding carboxylic acids is 1. The quantitative estimate of drug-likeness (QED) is 0.712. The maximum Gasteiger partial charge on any atom is 0.255 e. The summed E-state index contributed by atoms with van der Waals surface area (Å²) >= 11 is 0. The van der Waals surface area contributed by atoms with Crippen molar-refractivity contribution in [1.82, 2.24) is 29.6 Å². The van der Waals surface area contributed by atoms with Gasteiger partial charge in [-0.2, -0.15) is 4.98 Å². The van der Waals surface area contributed by atoms with Gasteiger partial charge in [0.2, 0.25) is 5.89 Å². The predicted octanol–water partition coefficient (Wildman–Crippen LogP) is 1.98. The zero-order valence-electron chi connectivity index (χ0n) is 13.6. The molecule has 24 heavy (non-hydrogen) atoms. The van der Waals surface area contributed by atoms with Crippen molar-refractivity contribution in [2.45, 2.75) is 38.8 Å². The first-order valence-corrected chi connectivity index (χ1v) is 8.05. The molecule has 8 nitrogen and oxygen atoms in total. The summed E-state index contributed by atoms with van der Waals surface area (Å²) in [5.74, 6) is 0.919. The Balaban J connectivity index is 1.53. The van der Waals surface area contributed by atoms with Gasteiger partial charge in [-0.1, -0.05) is 12.1 Å². The Morgan fingerprint density at radius 1 is 1.42 bits per heavy atom. The molecule has 124 valence electrons. The Kier molecular flexibility index (Phi) is 3.51. The molecule has 1 aliphatic carbocycles. The summed E-state index contributed by atoms with van der Waals surface area (Å²) in [5.41, 5.74) is 2.08. The number of amides is 1. The Morgan fingerprint density at radius 2 is 2.25 bits per heavy atom. The SMILES string of the molecule is CCc1nc(CN(C)C(=O)c2cnc3c(c2)ncn3C2CC2)no1. The van der Waals surface area contributed by atoms with Crippen molar-refractivity contribution >= 4 is 17.1 Å². The number of nitrogens with zero attached hydrogens (tertiary/aromatic N) is 6. The lowest BCUT2D eigenvalue weighted by Crippen LogP contribution is -2.26. The molecule has 0 atom stereocenters. The molecule has 1 aliphatic rings. The highest BCUT2D eigenvalue weighted by molar-refractivity contribution is 5.96. The molecule has 1 fully saturated rings. The van der Waals surface area contributed by atoms with Crippen LogP contribution in [-0.2, 0) is 13.0 Å². The third-order valence-corrected chi connectivity index (χ3v) is 4.14. The predicted molar refractivity (Wildman–Crippen MR) is 85.3 cm³/mol. The van der Waals surface area contributed by atoms with Gasteiger partial charge in [0.05, 0.1) is 18.4 Å². The van der Waals surface area contributed by atoms with E-state index >= 15 is 0 Å². The first kappa shape index (κ1) is 14.8. The third-order valence-electron chi connectivity index (χ3n) is 4.14. The van der Waals surface area contributed by atoms with E-state index in [2.05, 4.69) is 24.7 Å². The second kappa shape index (κ2) is 5.70. The molecule has 0 spiro atoms. The fraction of sp³-hybridized carbons (Fsp3) is 0.438. The minimum atomic E-state index is -0.145. The lowest BCUT2D eigenvalue weighted by Gasteiger charge is -2.14. The standard InChI is InChI=1S/C16H18N6O2/c1-3-14-19-13(20-24-14)8-21(2)16(23)10-6-12-15(17-7-10)22(9-18-12)11-4-5-11/h6-7,9,11H,3-5,8H2,1-2H3. The summed E-state index contributed by atoms with van der Waals surface area (Å²) < 4.78 is 7.15. The number of fused-ring (bicyclic) bond motifs is 1. The molecule has 1 amide bonds. The maximum absolute atomic E-state index is 12.6. The van der Waals surface area contributed by atoms with Crippen LogP contribution >= 0.6 is 0 Å². The van der Waals surface area contributed by atoms with Crippen LogP contribution < -0.4 is 0 Å². The molecule has 3 aromatic heterocycles. The van der Waals surface area contributed by atoms with Gasteiger partial charge in [-0.05, 0) is 18.9 Å². The van der Waals surface area contributed by atoms with E-state index < -0.39 is 0 Å². The van der Waals surface area contributed by atoms with Crippen molar-refractivity contribution in [3.8, 4) is 0 Å². The van der Waals surface area contributed by atoms with Crippen LogP contribution in [-0.4, -0.2) is 42.5 Å². The van der Waals surface area contributed by atoms with E-state index in [-0.39, 0.29) is 12.5 Å². The summed E-state index contributed by atoms with van der Waals surface area (Å²) in [6.07, 6.45) is 6.42. The van der Waals surface area contributed by atoms with Gasteiger partial charge in [0.15, 0.2) is 11.5 Å². The topological polar surface area (TPSA) is 89.9 Å². The van der Waals surface area contributed by atoms with Gasteiger partial charge < -0.3 is 14.0 Å². The molecule has 0 aliphatic heterocycles. The number of pyridine rings is 1. The average Bonchev–Trinajstić information content (AvgIpc) is 3.19. The van der Waals surface area contributed by atoms with E-state index in [1.807, 2.05) is 6.92 Å². The second-order valence-electron chi connectivity index (χ2n) is 6.07. The van der Waals surface area contributed by atoms with Crippen LogP contribution in [0, 0.1) is 0 Å². The van der Waals surface area contributed by atoms with E-state index in [1.54, 1.807) is 30.5 Å². The van der Waals surface area contributed by atoms with Crippen molar-refractivity contribution in [3.05, 3.63) is 35.9 Å². The lowest BCUT2D eigenvalue weighted by molar-refractivity contribution is 0.0780. The van der Waals surface area contributed by atoms with Gasteiger partial charge in [0.25, 0.3) is 5.91 Å². The molecule has 8 heteroatoms. The summed E-state index contributed by atoms with van der Waals surface area (Å²) in [5, 5.41) is 3.87. The Labute approximate surface area is 138 Å². The molecule has 0 bridgehead atoms. The van der Waals surface area contributed by atoms with Gasteiger partial charge in [0.1, 0.15) is 5.52 Å². The normalized spacial score (nSPS) is 14.2. The molecule has 0 saturated heterocycles. The molecule has 3 aromatic rings. The minimum absolute atomic E-state index is 0.145. The fourth-order valence-corrected chi connectivity index (χ4v) is 2.66. The molecular formula is C16H18N6O2. The van der Waals surface area contributed by atoms with Crippen molar-refractivity contribution in [1.29, 1.82) is 0 Å². The number of carbonyl (C=O) groups is 1. The Hall–Kier alpha value is -2.77. The van der Waals surface area contributed by atoms with Crippen LogP contribution in [0.15, 0.2) is 23.1 Å². The van der Waals surface area contributed by atoms with Gasteiger partial charge in [-0.3, -0.25) is 4.79 Å². The molecular weight excluding hydrogens is 308 g/mol. The van der Waals surface area contributed by atoms with Crippen LogP contribution in [0.5, 0.6) is 0 Å². The third kappa shape index (κ3) is 2.64. The molecule has 1 saturated carbocycles. The molecule has 3 heterocycles. The summed E-state index contributed by atoms with van der Waals surface area (Å²) in [4.78, 5) is 27.2. The van der Waals surface area contributed by atoms with Gasteiger partial charge >= 0.3 is 0 Å². The van der Waals surface area contributed by atoms with Crippen molar-refractivity contribution in [3.63, 3.8) is 0 Å². The van der Waals surface area contributed by atoms with Gasteiger partial charge in [-0.15, -0.1) is 0 Å². The minimum Gasteiger partial charge on any atom is -0.339 e. The molecule has 0 radical (unpaired) electrons. The average molecular weight is 326 g/mol. The summed E-state index contributed by atoms with van der Waals surface area (Å²) in [7, 11) is 1.71. The number of imidazole rings is 1. The van der Waals surface area contributed by atoms with Crippen molar-refractivity contribution in [2.75, 3.05) is 7.05 Å². The zero-order valence-corrected chi connectivity index (χ0v) is 13.6. The van der Waals surface area contributed by atoms with E-state index in [4.69, 9.17) is 4.52 Å². The summed E-state index contributed by atoms with van der Waals surface area (Å²) in [6, 6.07) is 2.30. The zero-order chi connectivity index (χ0) is 16.7. The highest BCUT2D eigenvalue weighted by Crippen LogP contribution is 2.36. The Morgan fingerprint density at radius 3 is 2.96 bits per heavy atom. The fourth-order valence-electron chi connectivity index (χ4n) is 2.66. The Bertz CT molecular complexity index is 895. The first-order chi connectivity index (χ1) is 11.7. The van der Waals surface area contributed by atoms with E-state index in [9.17, 15) is 4.79 Å². The smallest absolute Gasteiger partial charge is 0.255 e. The second-order valence-corrected chi connectivity index (χ2v) is 6.07. The highest BCUT2D eigenvalue weighted by Gasteiger charge is 2.26. The number of rotatable bonds is 5. The highest BCUT2D eigenvalue weighted by atomic mass is 16.5. The summed E-state index contributed by atoms with van der Waals surface area (Å²) in [6.45, 7) is 2.23.